The minimum atomic E-state index is -1.44. The van der Waals surface area contributed by atoms with Crippen molar-refractivity contribution in [3.63, 3.8) is 0 Å². The van der Waals surface area contributed by atoms with E-state index in [0.29, 0.717) is 28.0 Å². The van der Waals surface area contributed by atoms with Crippen LogP contribution in [0, 0.1) is 34.9 Å². The van der Waals surface area contributed by atoms with Gasteiger partial charge in [-0.1, -0.05) is 65.7 Å². The van der Waals surface area contributed by atoms with Crippen molar-refractivity contribution >= 4 is 52.4 Å². The number of para-hydroxylation sites is 1. The molecule has 0 spiro atoms. The van der Waals surface area contributed by atoms with Crippen molar-refractivity contribution in [1.29, 1.82) is 0 Å². The van der Waals surface area contributed by atoms with E-state index in [2.05, 4.69) is 0 Å². The van der Waals surface area contributed by atoms with Crippen LogP contribution in [-0.2, 0) is 19.2 Å². The Kier molecular flexibility index (Phi) is 8.33. The molecular weight excluding hydrogens is 699 g/mol. The minimum Gasteiger partial charge on any atom is -0.504 e. The third kappa shape index (κ3) is 5.14. The Labute approximate surface area is 309 Å². The SMILES string of the molecule is CCOc1cccc(C2C3=CCC4C(=O)N(c5ccc(C(=O)c6ccccc6)cc5)C(=O)C4C3CC3C(=O)N(c4ccc(F)c(Cl)c4)C(=O)C32C)c1O. The van der Waals surface area contributed by atoms with Crippen LogP contribution in [0.4, 0.5) is 15.8 Å². The number of fused-ring (bicyclic) bond motifs is 4. The molecule has 0 radical (unpaired) electrons. The largest absolute Gasteiger partial charge is 0.504 e. The van der Waals surface area contributed by atoms with Crippen LogP contribution in [-0.4, -0.2) is 41.1 Å². The summed E-state index contributed by atoms with van der Waals surface area (Å²) >= 11 is 6.10. The van der Waals surface area contributed by atoms with E-state index in [9.17, 15) is 33.5 Å². The maximum atomic E-state index is 14.7. The van der Waals surface area contributed by atoms with Gasteiger partial charge in [-0.2, -0.15) is 0 Å². The number of phenolic OH excluding ortho intramolecular Hbond substituents is 1. The van der Waals surface area contributed by atoms with Gasteiger partial charge in [0.1, 0.15) is 5.82 Å². The molecule has 4 amide bonds. The fraction of sp³-hybridized carbons (Fsp3) is 0.262. The second kappa shape index (κ2) is 12.8. The Morgan fingerprint density at radius 2 is 1.57 bits per heavy atom. The molecule has 6 unspecified atom stereocenters. The monoisotopic (exact) mass is 732 g/mol. The van der Waals surface area contributed by atoms with Crippen LogP contribution in [0.1, 0.15) is 54.1 Å². The van der Waals surface area contributed by atoms with Crippen LogP contribution in [0.5, 0.6) is 11.5 Å². The van der Waals surface area contributed by atoms with Gasteiger partial charge < -0.3 is 9.84 Å². The lowest BCUT2D eigenvalue weighted by Gasteiger charge is -2.49. The molecule has 8 rings (SSSR count). The number of ether oxygens (including phenoxy) is 1. The Bertz CT molecular complexity index is 2260. The average Bonchev–Trinajstić information content (AvgIpc) is 3.53. The predicted octanol–water partition coefficient (Wildman–Crippen LogP) is 7.25. The van der Waals surface area contributed by atoms with Crippen molar-refractivity contribution in [3.8, 4) is 11.5 Å². The summed E-state index contributed by atoms with van der Waals surface area (Å²) in [5.74, 6) is -6.88. The smallest absolute Gasteiger partial charge is 0.241 e. The highest BCUT2D eigenvalue weighted by molar-refractivity contribution is 6.32. The zero-order valence-corrected chi connectivity index (χ0v) is 29.5. The maximum Gasteiger partial charge on any atom is 0.241 e. The van der Waals surface area contributed by atoms with Crippen molar-refractivity contribution in [2.45, 2.75) is 32.6 Å². The number of halogens is 2. The molecule has 9 nitrogen and oxygen atoms in total. The van der Waals surface area contributed by atoms with E-state index in [0.717, 1.165) is 15.9 Å². The molecule has 268 valence electrons. The number of phenols is 1. The zero-order chi connectivity index (χ0) is 37.3. The second-order valence-electron chi connectivity index (χ2n) is 14.1. The number of hydrogen-bond acceptors (Lipinski definition) is 7. The van der Waals surface area contributed by atoms with Gasteiger partial charge in [0, 0.05) is 22.6 Å². The van der Waals surface area contributed by atoms with E-state index in [-0.39, 0.29) is 53.3 Å². The number of imide groups is 2. The van der Waals surface area contributed by atoms with Gasteiger partial charge in [0.15, 0.2) is 17.3 Å². The highest BCUT2D eigenvalue weighted by Crippen LogP contribution is 2.65. The molecule has 1 saturated carbocycles. The molecule has 4 aliphatic rings. The number of benzene rings is 4. The zero-order valence-electron chi connectivity index (χ0n) is 28.8. The number of anilines is 2. The van der Waals surface area contributed by atoms with Gasteiger partial charge in [0.25, 0.3) is 0 Å². The molecule has 11 heteroatoms. The molecular formula is C42H34ClFN2O7. The molecule has 0 bridgehead atoms. The van der Waals surface area contributed by atoms with Crippen LogP contribution in [0.15, 0.2) is 103 Å². The van der Waals surface area contributed by atoms with E-state index < -0.39 is 58.5 Å². The van der Waals surface area contributed by atoms with Gasteiger partial charge in [-0.25, -0.2) is 9.29 Å². The molecule has 2 saturated heterocycles. The fourth-order valence-corrected chi connectivity index (χ4v) is 9.22. The summed E-state index contributed by atoms with van der Waals surface area (Å²) in [6.45, 7) is 3.73. The summed E-state index contributed by atoms with van der Waals surface area (Å²) in [4.78, 5) is 72.9. The molecule has 4 aromatic rings. The van der Waals surface area contributed by atoms with Crippen LogP contribution in [0.2, 0.25) is 5.02 Å². The molecule has 53 heavy (non-hydrogen) atoms. The lowest BCUT2D eigenvalue weighted by Crippen LogP contribution is -2.48. The van der Waals surface area contributed by atoms with E-state index in [1.165, 1.54) is 12.1 Å². The van der Waals surface area contributed by atoms with E-state index in [4.69, 9.17) is 16.3 Å². The molecule has 2 heterocycles. The van der Waals surface area contributed by atoms with Crippen LogP contribution < -0.4 is 14.5 Å². The highest BCUT2D eigenvalue weighted by Gasteiger charge is 2.68. The summed E-state index contributed by atoms with van der Waals surface area (Å²) in [5.41, 5.74) is 0.936. The Morgan fingerprint density at radius 3 is 2.26 bits per heavy atom. The molecule has 6 atom stereocenters. The molecule has 3 fully saturated rings. The molecule has 4 aromatic carbocycles. The van der Waals surface area contributed by atoms with E-state index >= 15 is 0 Å². The first kappa shape index (κ1) is 34.5. The standard InChI is InChI=1S/C42H34ClFN2O7/c1-3-53-33-11-7-10-28(37(33)48)35-26-17-18-27-34(29(26)21-30-39(50)46(41(52)42(30,35)2)25-16-19-32(44)31(43)20-25)40(51)45(38(27)49)24-14-12-23(13-15-24)36(47)22-8-5-4-6-9-22/h4-17,19-20,27,29-30,34-35,48H,3,18,21H2,1-2H3. The topological polar surface area (TPSA) is 121 Å². The quantitative estimate of drug-likeness (QED) is 0.121. The first-order chi connectivity index (χ1) is 25.5. The van der Waals surface area contributed by atoms with Crippen molar-refractivity contribution < 1.29 is 38.2 Å². The van der Waals surface area contributed by atoms with Gasteiger partial charge >= 0.3 is 0 Å². The van der Waals surface area contributed by atoms with Gasteiger partial charge in [0.2, 0.25) is 23.6 Å². The normalized spacial score (nSPS) is 26.3. The highest BCUT2D eigenvalue weighted by atomic mass is 35.5. The number of carbonyl (C=O) groups excluding carboxylic acids is 5. The van der Waals surface area contributed by atoms with Crippen molar-refractivity contribution in [3.05, 3.63) is 130 Å². The number of allylic oxidation sites excluding steroid dienone is 2. The van der Waals surface area contributed by atoms with Gasteiger partial charge in [0.05, 0.1) is 46.2 Å². The summed E-state index contributed by atoms with van der Waals surface area (Å²) in [7, 11) is 0. The number of carbonyl (C=O) groups is 5. The maximum absolute atomic E-state index is 14.7. The van der Waals surface area contributed by atoms with Gasteiger partial charge in [-0.05, 0) is 81.1 Å². The third-order valence-corrected chi connectivity index (χ3v) is 11.8. The summed E-state index contributed by atoms with van der Waals surface area (Å²) < 4.78 is 19.9. The van der Waals surface area contributed by atoms with Crippen LogP contribution >= 0.6 is 11.6 Å². The lowest BCUT2D eigenvalue weighted by atomic mass is 9.51. The van der Waals surface area contributed by atoms with Gasteiger partial charge in [-0.15, -0.1) is 0 Å². The fourth-order valence-electron chi connectivity index (χ4n) is 9.05. The van der Waals surface area contributed by atoms with Crippen LogP contribution in [0.25, 0.3) is 0 Å². The number of rotatable bonds is 7. The van der Waals surface area contributed by atoms with Crippen LogP contribution in [0.3, 0.4) is 0 Å². The predicted molar refractivity (Wildman–Crippen MR) is 194 cm³/mol. The average molecular weight is 733 g/mol. The number of aromatic hydroxyl groups is 1. The molecule has 2 aliphatic carbocycles. The summed E-state index contributed by atoms with van der Waals surface area (Å²) in [5, 5.41) is 11.4. The third-order valence-electron chi connectivity index (χ3n) is 11.5. The summed E-state index contributed by atoms with van der Waals surface area (Å²) in [6.07, 6.45) is 2.17. The Hall–Kier alpha value is -5.61. The minimum absolute atomic E-state index is 0.0826. The first-order valence-electron chi connectivity index (χ1n) is 17.5. The number of nitrogens with zero attached hydrogens (tertiary/aromatic N) is 2. The number of hydrogen-bond donors (Lipinski definition) is 1. The van der Waals surface area contributed by atoms with E-state index in [1.807, 2.05) is 12.1 Å². The lowest BCUT2D eigenvalue weighted by molar-refractivity contribution is -0.131. The molecule has 0 aromatic heterocycles. The van der Waals surface area contributed by atoms with Crippen molar-refractivity contribution in [1.82, 2.24) is 0 Å². The van der Waals surface area contributed by atoms with E-state index in [1.54, 1.807) is 80.6 Å². The van der Waals surface area contributed by atoms with Crippen molar-refractivity contribution in [2.24, 2.45) is 29.1 Å². The Balaban J connectivity index is 1.20. The summed E-state index contributed by atoms with van der Waals surface area (Å²) in [6, 6.07) is 23.8. The first-order valence-corrected chi connectivity index (χ1v) is 17.9. The second-order valence-corrected chi connectivity index (χ2v) is 14.5. The Morgan fingerprint density at radius 1 is 0.868 bits per heavy atom. The number of ketones is 1. The van der Waals surface area contributed by atoms with Crippen molar-refractivity contribution in [2.75, 3.05) is 16.4 Å². The molecule has 1 N–H and O–H groups in total. The molecule has 2 aliphatic heterocycles. The number of amides is 4. The van der Waals surface area contributed by atoms with Gasteiger partial charge in [-0.3, -0.25) is 28.9 Å².